The number of hydrogen-bond donors (Lipinski definition) is 1. The van der Waals surface area contributed by atoms with Gasteiger partial charge in [-0.25, -0.2) is 0 Å². The molecule has 0 saturated heterocycles. The van der Waals surface area contributed by atoms with E-state index in [1.807, 2.05) is 20.8 Å². The summed E-state index contributed by atoms with van der Waals surface area (Å²) < 4.78 is 5.29. The predicted octanol–water partition coefficient (Wildman–Crippen LogP) is 2.49. The highest BCUT2D eigenvalue weighted by Crippen LogP contribution is 2.26. The van der Waals surface area contributed by atoms with Gasteiger partial charge >= 0.3 is 5.97 Å². The van der Waals surface area contributed by atoms with Crippen LogP contribution in [0.3, 0.4) is 0 Å². The van der Waals surface area contributed by atoms with Gasteiger partial charge in [-0.15, -0.1) is 12.8 Å². The molecule has 0 heterocycles. The van der Waals surface area contributed by atoms with Gasteiger partial charge in [-0.3, -0.25) is 4.79 Å². The standard InChI is InChI=1S/C12H23NO2.C2H2/c1-12(2,3)15-11(14)10(13)9-7-5-4-6-8-9;1-2/h9-10H,4-8,13H2,1-3H3;1-2H. The van der Waals surface area contributed by atoms with Gasteiger partial charge in [0, 0.05) is 0 Å². The van der Waals surface area contributed by atoms with E-state index in [-0.39, 0.29) is 5.97 Å². The SMILES string of the molecule is C#C.CC(C)(C)OC(=O)C(N)C1CCCCC1. The van der Waals surface area contributed by atoms with E-state index in [9.17, 15) is 4.79 Å². The van der Waals surface area contributed by atoms with Crippen LogP contribution in [-0.4, -0.2) is 17.6 Å². The minimum Gasteiger partial charge on any atom is -0.459 e. The van der Waals surface area contributed by atoms with Crippen molar-refractivity contribution in [2.75, 3.05) is 0 Å². The zero-order valence-corrected chi connectivity index (χ0v) is 11.2. The second kappa shape index (κ2) is 7.34. The van der Waals surface area contributed by atoms with Gasteiger partial charge in [-0.1, -0.05) is 19.3 Å². The van der Waals surface area contributed by atoms with Crippen LogP contribution in [0, 0.1) is 18.8 Å². The van der Waals surface area contributed by atoms with E-state index in [0.29, 0.717) is 5.92 Å². The number of ether oxygens (including phenoxy) is 1. The number of hydrogen-bond acceptors (Lipinski definition) is 3. The third-order valence-corrected chi connectivity index (χ3v) is 2.84. The van der Waals surface area contributed by atoms with E-state index in [1.165, 1.54) is 19.3 Å². The Hall–Kier alpha value is -1.01. The molecular weight excluding hydrogens is 214 g/mol. The predicted molar refractivity (Wildman–Crippen MR) is 70.3 cm³/mol. The second-order valence-electron chi connectivity index (χ2n) is 5.46. The topological polar surface area (TPSA) is 52.3 Å². The molecule has 0 aromatic heterocycles. The number of carbonyl (C=O) groups excluding carboxylic acids is 1. The van der Waals surface area contributed by atoms with Crippen molar-refractivity contribution in [1.82, 2.24) is 0 Å². The first-order valence-corrected chi connectivity index (χ1v) is 6.22. The summed E-state index contributed by atoms with van der Waals surface area (Å²) in [5.41, 5.74) is 5.50. The molecule has 1 atom stereocenters. The average molecular weight is 239 g/mol. The van der Waals surface area contributed by atoms with Crippen LogP contribution in [0.5, 0.6) is 0 Å². The summed E-state index contributed by atoms with van der Waals surface area (Å²) in [6, 6.07) is -0.426. The Morgan fingerprint density at radius 2 is 1.71 bits per heavy atom. The Balaban J connectivity index is 0.00000121. The summed E-state index contributed by atoms with van der Waals surface area (Å²) in [7, 11) is 0. The number of rotatable bonds is 2. The lowest BCUT2D eigenvalue weighted by Crippen LogP contribution is -2.43. The van der Waals surface area contributed by atoms with Gasteiger partial charge in [0.15, 0.2) is 0 Å². The quantitative estimate of drug-likeness (QED) is 0.595. The van der Waals surface area contributed by atoms with Crippen molar-refractivity contribution in [3.63, 3.8) is 0 Å². The molecule has 17 heavy (non-hydrogen) atoms. The maximum absolute atomic E-state index is 11.7. The first-order valence-electron chi connectivity index (χ1n) is 6.22. The maximum atomic E-state index is 11.7. The van der Waals surface area contributed by atoms with E-state index in [4.69, 9.17) is 10.5 Å². The van der Waals surface area contributed by atoms with Gasteiger partial charge in [0.1, 0.15) is 11.6 Å². The van der Waals surface area contributed by atoms with Crippen molar-refractivity contribution in [2.24, 2.45) is 11.7 Å². The highest BCUT2D eigenvalue weighted by atomic mass is 16.6. The van der Waals surface area contributed by atoms with Crippen LogP contribution in [0.2, 0.25) is 0 Å². The van der Waals surface area contributed by atoms with Gasteiger partial charge in [-0.05, 0) is 39.5 Å². The van der Waals surface area contributed by atoms with Crippen molar-refractivity contribution in [1.29, 1.82) is 0 Å². The lowest BCUT2D eigenvalue weighted by Gasteiger charge is -2.29. The molecule has 1 rings (SSSR count). The second-order valence-corrected chi connectivity index (χ2v) is 5.46. The summed E-state index contributed by atoms with van der Waals surface area (Å²) in [6.07, 6.45) is 13.8. The van der Waals surface area contributed by atoms with E-state index in [1.54, 1.807) is 0 Å². The summed E-state index contributed by atoms with van der Waals surface area (Å²) >= 11 is 0. The average Bonchev–Trinajstić information content (AvgIpc) is 2.29. The smallest absolute Gasteiger partial charge is 0.323 e. The molecule has 0 radical (unpaired) electrons. The molecule has 1 aliphatic rings. The molecule has 2 N–H and O–H groups in total. The molecule has 1 saturated carbocycles. The highest BCUT2D eigenvalue weighted by Gasteiger charge is 2.29. The monoisotopic (exact) mass is 239 g/mol. The Labute approximate surface area is 105 Å². The van der Waals surface area contributed by atoms with Crippen LogP contribution >= 0.6 is 0 Å². The highest BCUT2D eigenvalue weighted by molar-refractivity contribution is 5.76. The Morgan fingerprint density at radius 3 is 2.12 bits per heavy atom. The fraction of sp³-hybridized carbons (Fsp3) is 0.786. The van der Waals surface area contributed by atoms with Crippen LogP contribution in [0.1, 0.15) is 52.9 Å². The fourth-order valence-electron chi connectivity index (χ4n) is 2.06. The summed E-state index contributed by atoms with van der Waals surface area (Å²) in [5.74, 6) is 0.0861. The molecule has 0 aliphatic heterocycles. The summed E-state index contributed by atoms with van der Waals surface area (Å²) in [4.78, 5) is 11.7. The first-order chi connectivity index (χ1) is 7.90. The molecule has 0 amide bonds. The van der Waals surface area contributed by atoms with E-state index >= 15 is 0 Å². The molecule has 0 spiro atoms. The minimum atomic E-state index is -0.427. The van der Waals surface area contributed by atoms with Gasteiger partial charge in [0.2, 0.25) is 0 Å². The molecule has 0 bridgehead atoms. The van der Waals surface area contributed by atoms with Crippen molar-refractivity contribution in [2.45, 2.75) is 64.5 Å². The van der Waals surface area contributed by atoms with Gasteiger partial charge in [0.05, 0.1) is 0 Å². The van der Waals surface area contributed by atoms with Crippen LogP contribution in [0.4, 0.5) is 0 Å². The molecular formula is C14H25NO2. The third kappa shape index (κ3) is 6.33. The number of carbonyl (C=O) groups is 1. The van der Waals surface area contributed by atoms with E-state index in [0.717, 1.165) is 12.8 Å². The maximum Gasteiger partial charge on any atom is 0.323 e. The number of nitrogens with two attached hydrogens (primary N) is 1. The lowest BCUT2D eigenvalue weighted by molar-refractivity contribution is -0.158. The van der Waals surface area contributed by atoms with Crippen molar-refractivity contribution in [3.05, 3.63) is 0 Å². The molecule has 1 unspecified atom stereocenters. The fourth-order valence-corrected chi connectivity index (χ4v) is 2.06. The first kappa shape index (κ1) is 16.0. The van der Waals surface area contributed by atoms with Gasteiger partial charge < -0.3 is 10.5 Å². The summed E-state index contributed by atoms with van der Waals surface area (Å²) in [6.45, 7) is 5.62. The Bertz CT molecular complexity index is 247. The molecule has 0 aromatic rings. The van der Waals surface area contributed by atoms with Crippen LogP contribution < -0.4 is 5.73 Å². The van der Waals surface area contributed by atoms with Crippen LogP contribution in [0.25, 0.3) is 0 Å². The van der Waals surface area contributed by atoms with Crippen LogP contribution in [-0.2, 0) is 9.53 Å². The molecule has 1 aliphatic carbocycles. The molecule has 98 valence electrons. The zero-order valence-electron chi connectivity index (χ0n) is 11.2. The Kier molecular flexibility index (Phi) is 6.91. The zero-order chi connectivity index (χ0) is 13.5. The van der Waals surface area contributed by atoms with Crippen molar-refractivity contribution >= 4 is 5.97 Å². The third-order valence-electron chi connectivity index (χ3n) is 2.84. The van der Waals surface area contributed by atoms with Gasteiger partial charge in [-0.2, -0.15) is 0 Å². The molecule has 1 fully saturated rings. The van der Waals surface area contributed by atoms with E-state index < -0.39 is 11.6 Å². The molecule has 0 aromatic carbocycles. The molecule has 3 heteroatoms. The van der Waals surface area contributed by atoms with Crippen LogP contribution in [0.15, 0.2) is 0 Å². The Morgan fingerprint density at radius 1 is 1.24 bits per heavy atom. The minimum absolute atomic E-state index is 0.241. The van der Waals surface area contributed by atoms with E-state index in [2.05, 4.69) is 12.8 Å². The number of esters is 1. The van der Waals surface area contributed by atoms with Crippen molar-refractivity contribution < 1.29 is 9.53 Å². The largest absolute Gasteiger partial charge is 0.459 e. The van der Waals surface area contributed by atoms with Crippen molar-refractivity contribution in [3.8, 4) is 12.8 Å². The summed E-state index contributed by atoms with van der Waals surface area (Å²) in [5, 5.41) is 0. The molecule has 3 nitrogen and oxygen atoms in total. The lowest BCUT2D eigenvalue weighted by atomic mass is 9.84. The van der Waals surface area contributed by atoms with Gasteiger partial charge in [0.25, 0.3) is 0 Å². The number of terminal acetylenes is 1. The normalized spacial score (nSPS) is 18.7.